The van der Waals surface area contributed by atoms with Crippen LogP contribution in [0.15, 0.2) is 77.7 Å². The second-order valence-corrected chi connectivity index (χ2v) is 7.70. The van der Waals surface area contributed by atoms with Gasteiger partial charge < -0.3 is 5.32 Å². The molecule has 0 radical (unpaired) electrons. The highest BCUT2D eigenvalue weighted by molar-refractivity contribution is 7.89. The van der Waals surface area contributed by atoms with E-state index in [2.05, 4.69) is 15.4 Å². The van der Waals surface area contributed by atoms with Crippen LogP contribution < -0.4 is 15.4 Å². The predicted molar refractivity (Wildman–Crippen MR) is 106 cm³/mol. The molecular formula is C20H21N3O3S. The number of nitrogens with one attached hydrogen (secondary N) is 3. The molecule has 0 bridgehead atoms. The minimum Gasteiger partial charge on any atom is -0.358 e. The molecule has 0 aliphatic carbocycles. The van der Waals surface area contributed by atoms with Gasteiger partial charge in [0.25, 0.3) is 0 Å². The highest BCUT2D eigenvalue weighted by atomic mass is 32.2. The van der Waals surface area contributed by atoms with Gasteiger partial charge in [0.2, 0.25) is 15.9 Å². The van der Waals surface area contributed by atoms with Crippen LogP contribution in [0.4, 0.5) is 0 Å². The molecule has 7 heteroatoms. The van der Waals surface area contributed by atoms with Crippen LogP contribution in [-0.2, 0) is 14.8 Å². The number of rotatable bonds is 7. The Labute approximate surface area is 158 Å². The molecule has 27 heavy (non-hydrogen) atoms. The number of carbonyl (C=O) groups is 1. The van der Waals surface area contributed by atoms with E-state index in [9.17, 15) is 13.2 Å². The summed E-state index contributed by atoms with van der Waals surface area (Å²) in [5.41, 5.74) is 0.747. The molecule has 3 aromatic carbocycles. The Bertz CT molecular complexity index is 1030. The van der Waals surface area contributed by atoms with Gasteiger partial charge in [-0.15, -0.1) is 0 Å². The van der Waals surface area contributed by atoms with E-state index in [4.69, 9.17) is 0 Å². The molecule has 0 saturated heterocycles. The lowest BCUT2D eigenvalue weighted by atomic mass is 10.0. The quantitative estimate of drug-likeness (QED) is 0.546. The summed E-state index contributed by atoms with van der Waals surface area (Å²) >= 11 is 0. The number of carbonyl (C=O) groups excluding carboxylic acids is 1. The highest BCUT2D eigenvalue weighted by Crippen LogP contribution is 2.24. The van der Waals surface area contributed by atoms with Gasteiger partial charge in [0.05, 0.1) is 17.6 Å². The summed E-state index contributed by atoms with van der Waals surface area (Å²) in [4.78, 5) is 11.9. The average Bonchev–Trinajstić information content (AvgIpc) is 2.71. The lowest BCUT2D eigenvalue weighted by Crippen LogP contribution is -2.42. The predicted octanol–water partition coefficient (Wildman–Crippen LogP) is 2.15. The molecule has 0 aliphatic heterocycles. The van der Waals surface area contributed by atoms with Gasteiger partial charge in [-0.05, 0) is 28.5 Å². The fourth-order valence-electron chi connectivity index (χ4n) is 2.82. The molecule has 0 saturated carbocycles. The molecule has 0 aromatic heterocycles. The largest absolute Gasteiger partial charge is 0.358 e. The standard InChI is InChI=1S/C20H21N3O3S/c1-21-19(24)14-22-20(23-27(25,26)16-10-3-2-4-11-16)18-13-7-9-15-8-5-6-12-17(15)18/h2-13,20,22-23H,14H2,1H3,(H,21,24). The first-order valence-corrected chi connectivity index (χ1v) is 9.98. The van der Waals surface area contributed by atoms with Gasteiger partial charge >= 0.3 is 0 Å². The lowest BCUT2D eigenvalue weighted by molar-refractivity contribution is -0.119. The van der Waals surface area contributed by atoms with Gasteiger partial charge in [-0.3, -0.25) is 10.1 Å². The molecule has 3 N–H and O–H groups in total. The molecule has 0 heterocycles. The summed E-state index contributed by atoms with van der Waals surface area (Å²) < 4.78 is 28.3. The Hall–Kier alpha value is -2.74. The van der Waals surface area contributed by atoms with Gasteiger partial charge in [-0.2, -0.15) is 4.72 Å². The molecule has 3 aromatic rings. The Kier molecular flexibility index (Phi) is 5.85. The number of benzene rings is 3. The van der Waals surface area contributed by atoms with Gasteiger partial charge in [-0.25, -0.2) is 8.42 Å². The van der Waals surface area contributed by atoms with Crippen molar-refractivity contribution in [2.45, 2.75) is 11.1 Å². The molecule has 0 aliphatic rings. The molecule has 1 unspecified atom stereocenters. The van der Waals surface area contributed by atoms with Crippen LogP contribution in [0.2, 0.25) is 0 Å². The zero-order valence-corrected chi connectivity index (χ0v) is 15.7. The summed E-state index contributed by atoms with van der Waals surface area (Å²) in [6, 6.07) is 21.5. The van der Waals surface area contributed by atoms with Gasteiger partial charge in [-0.1, -0.05) is 60.7 Å². The number of hydrogen-bond acceptors (Lipinski definition) is 4. The van der Waals surface area contributed by atoms with Crippen LogP contribution in [0.5, 0.6) is 0 Å². The third-order valence-electron chi connectivity index (χ3n) is 4.21. The first-order chi connectivity index (χ1) is 13.0. The minimum absolute atomic E-state index is 0.0261. The second kappa shape index (κ2) is 8.30. The van der Waals surface area contributed by atoms with E-state index < -0.39 is 16.2 Å². The van der Waals surface area contributed by atoms with Crippen molar-refractivity contribution in [3.05, 3.63) is 78.4 Å². The van der Waals surface area contributed by atoms with E-state index in [1.807, 2.05) is 42.5 Å². The molecule has 3 rings (SSSR count). The topological polar surface area (TPSA) is 87.3 Å². The maximum atomic E-state index is 12.8. The summed E-state index contributed by atoms with van der Waals surface area (Å²) in [5, 5.41) is 7.42. The smallest absolute Gasteiger partial charge is 0.242 e. The third-order valence-corrected chi connectivity index (χ3v) is 5.65. The Morgan fingerprint density at radius 1 is 0.926 bits per heavy atom. The van der Waals surface area contributed by atoms with E-state index in [0.29, 0.717) is 0 Å². The van der Waals surface area contributed by atoms with Gasteiger partial charge in [0, 0.05) is 7.05 Å². The first kappa shape index (κ1) is 19.0. The summed E-state index contributed by atoms with van der Waals surface area (Å²) in [7, 11) is -2.24. The van der Waals surface area contributed by atoms with Crippen molar-refractivity contribution in [2.75, 3.05) is 13.6 Å². The average molecular weight is 383 g/mol. The van der Waals surface area contributed by atoms with Crippen LogP contribution in [0.3, 0.4) is 0 Å². The van der Waals surface area contributed by atoms with Crippen molar-refractivity contribution in [1.82, 2.24) is 15.4 Å². The molecule has 1 atom stereocenters. The minimum atomic E-state index is -3.78. The Morgan fingerprint density at radius 2 is 1.59 bits per heavy atom. The fourth-order valence-corrected chi connectivity index (χ4v) is 4.00. The third kappa shape index (κ3) is 4.51. The second-order valence-electron chi connectivity index (χ2n) is 5.99. The van der Waals surface area contributed by atoms with E-state index in [1.54, 1.807) is 18.2 Å². The van der Waals surface area contributed by atoms with Crippen molar-refractivity contribution in [2.24, 2.45) is 0 Å². The van der Waals surface area contributed by atoms with Crippen LogP contribution in [0, 0.1) is 0 Å². The Balaban J connectivity index is 1.99. The normalized spacial score (nSPS) is 12.6. The number of hydrogen-bond donors (Lipinski definition) is 3. The van der Waals surface area contributed by atoms with E-state index >= 15 is 0 Å². The molecular weight excluding hydrogens is 362 g/mol. The lowest BCUT2D eigenvalue weighted by Gasteiger charge is -2.22. The molecule has 0 fully saturated rings. The number of amides is 1. The van der Waals surface area contributed by atoms with Gasteiger partial charge in [0.15, 0.2) is 0 Å². The van der Waals surface area contributed by atoms with Crippen molar-refractivity contribution in [3.63, 3.8) is 0 Å². The van der Waals surface area contributed by atoms with E-state index in [1.165, 1.54) is 19.2 Å². The molecule has 140 valence electrons. The molecule has 1 amide bonds. The Morgan fingerprint density at radius 3 is 2.33 bits per heavy atom. The van der Waals surface area contributed by atoms with Crippen molar-refractivity contribution < 1.29 is 13.2 Å². The van der Waals surface area contributed by atoms with Crippen molar-refractivity contribution in [3.8, 4) is 0 Å². The summed E-state index contributed by atoms with van der Waals surface area (Å²) in [6.45, 7) is -0.0261. The zero-order valence-electron chi connectivity index (χ0n) is 14.8. The number of sulfonamides is 1. The number of fused-ring (bicyclic) bond motifs is 1. The van der Waals surface area contributed by atoms with E-state index in [0.717, 1.165) is 16.3 Å². The van der Waals surface area contributed by atoms with Gasteiger partial charge in [0.1, 0.15) is 0 Å². The zero-order chi connectivity index (χ0) is 19.3. The summed E-state index contributed by atoms with van der Waals surface area (Å²) in [5.74, 6) is -0.237. The van der Waals surface area contributed by atoms with E-state index in [-0.39, 0.29) is 17.3 Å². The van der Waals surface area contributed by atoms with Crippen LogP contribution in [0.25, 0.3) is 10.8 Å². The summed E-state index contributed by atoms with van der Waals surface area (Å²) in [6.07, 6.45) is -0.765. The first-order valence-electron chi connectivity index (χ1n) is 8.50. The SMILES string of the molecule is CNC(=O)CNC(NS(=O)(=O)c1ccccc1)c1cccc2ccccc12. The van der Waals surface area contributed by atoms with Crippen molar-refractivity contribution in [1.29, 1.82) is 0 Å². The van der Waals surface area contributed by atoms with Crippen LogP contribution >= 0.6 is 0 Å². The van der Waals surface area contributed by atoms with Crippen LogP contribution in [0.1, 0.15) is 11.7 Å². The monoisotopic (exact) mass is 383 g/mol. The van der Waals surface area contributed by atoms with Crippen LogP contribution in [-0.4, -0.2) is 27.9 Å². The number of likely N-dealkylation sites (N-methyl/N-ethyl adjacent to an activating group) is 1. The molecule has 6 nitrogen and oxygen atoms in total. The van der Waals surface area contributed by atoms with Crippen molar-refractivity contribution >= 4 is 26.7 Å². The molecule has 0 spiro atoms. The maximum absolute atomic E-state index is 12.8. The fraction of sp³-hybridized carbons (Fsp3) is 0.150. The highest BCUT2D eigenvalue weighted by Gasteiger charge is 2.22. The maximum Gasteiger partial charge on any atom is 0.242 e.